The largest absolute Gasteiger partial charge is 0.470 e. The highest BCUT2D eigenvalue weighted by atomic mass is 35.5. The number of halogens is 4. The van der Waals surface area contributed by atoms with Gasteiger partial charge in [0, 0.05) is 19.2 Å². The fourth-order valence-corrected chi connectivity index (χ4v) is 2.77. The third kappa shape index (κ3) is 4.52. The first-order valence-electron chi connectivity index (χ1n) is 8.83. The van der Waals surface area contributed by atoms with Crippen molar-refractivity contribution < 1.29 is 22.7 Å². The minimum atomic E-state index is -1.07. The Morgan fingerprint density at radius 2 is 1.90 bits per heavy atom. The van der Waals surface area contributed by atoms with Gasteiger partial charge in [-0.15, -0.1) is 12.4 Å². The van der Waals surface area contributed by atoms with Crippen molar-refractivity contribution in [2.24, 2.45) is 0 Å². The second-order valence-electron chi connectivity index (χ2n) is 6.45. The van der Waals surface area contributed by atoms with E-state index in [4.69, 9.17) is 10.5 Å². The van der Waals surface area contributed by atoms with E-state index in [-0.39, 0.29) is 35.8 Å². The number of amides is 1. The van der Waals surface area contributed by atoms with Crippen LogP contribution in [0.25, 0.3) is 11.3 Å². The van der Waals surface area contributed by atoms with E-state index in [1.807, 2.05) is 0 Å². The molecule has 1 amide bonds. The molecule has 3 aromatic rings. The number of carbonyl (C=O) groups is 1. The Kier molecular flexibility index (Phi) is 6.56. The van der Waals surface area contributed by atoms with Crippen LogP contribution >= 0.6 is 12.4 Å². The lowest BCUT2D eigenvalue weighted by Crippen LogP contribution is -2.50. The lowest BCUT2D eigenvalue weighted by molar-refractivity contribution is 0.102. The number of hydrogen-bond acceptors (Lipinski definition) is 7. The molecule has 12 heteroatoms. The Bertz CT molecular complexity index is 1110. The molecular weight excluding hydrogens is 437 g/mol. The molecule has 2 aromatic heterocycles. The maximum atomic E-state index is 14.4. The molecule has 1 aromatic carbocycles. The number of pyridine rings is 1. The third-order valence-electron chi connectivity index (χ3n) is 4.37. The zero-order chi connectivity index (χ0) is 21.3. The molecule has 0 unspecified atom stereocenters. The SMILES string of the molecule is Cl.Nc1cc(F)c(-c2c(F)cccc2F)nc1C(=O)Nc1cncnc1OC1CNC1. The van der Waals surface area contributed by atoms with Gasteiger partial charge in [0.05, 0.1) is 17.4 Å². The van der Waals surface area contributed by atoms with E-state index in [9.17, 15) is 18.0 Å². The molecular formula is C19H16ClF3N6O2. The molecule has 8 nitrogen and oxygen atoms in total. The van der Waals surface area contributed by atoms with Crippen LogP contribution in [0, 0.1) is 17.5 Å². The molecule has 4 N–H and O–H groups in total. The zero-order valence-electron chi connectivity index (χ0n) is 15.7. The average Bonchev–Trinajstić information content (AvgIpc) is 2.67. The highest BCUT2D eigenvalue weighted by molar-refractivity contribution is 6.07. The molecule has 0 bridgehead atoms. The molecule has 1 aliphatic rings. The highest BCUT2D eigenvalue weighted by Crippen LogP contribution is 2.29. The van der Waals surface area contributed by atoms with Gasteiger partial charge in [-0.1, -0.05) is 6.07 Å². The first-order valence-corrected chi connectivity index (χ1v) is 8.83. The number of ether oxygens (including phenoxy) is 1. The van der Waals surface area contributed by atoms with Crippen molar-refractivity contribution in [3.8, 4) is 17.1 Å². The Morgan fingerprint density at radius 3 is 2.55 bits per heavy atom. The molecule has 4 rings (SSSR count). The van der Waals surface area contributed by atoms with E-state index in [1.54, 1.807) is 0 Å². The van der Waals surface area contributed by atoms with E-state index in [0.29, 0.717) is 13.1 Å². The predicted molar refractivity (Wildman–Crippen MR) is 108 cm³/mol. The van der Waals surface area contributed by atoms with Crippen LogP contribution in [0.2, 0.25) is 0 Å². The van der Waals surface area contributed by atoms with Gasteiger partial charge in [0.25, 0.3) is 5.91 Å². The van der Waals surface area contributed by atoms with Crippen LogP contribution in [0.3, 0.4) is 0 Å². The molecule has 0 spiro atoms. The van der Waals surface area contributed by atoms with Gasteiger partial charge < -0.3 is 21.1 Å². The number of benzene rings is 1. The van der Waals surface area contributed by atoms with Crippen LogP contribution in [-0.2, 0) is 0 Å². The van der Waals surface area contributed by atoms with Crippen LogP contribution in [0.1, 0.15) is 10.5 Å². The van der Waals surface area contributed by atoms with Crippen molar-refractivity contribution in [3.63, 3.8) is 0 Å². The Hall–Kier alpha value is -3.44. The second-order valence-corrected chi connectivity index (χ2v) is 6.45. The van der Waals surface area contributed by atoms with Crippen molar-refractivity contribution >= 4 is 29.7 Å². The molecule has 1 aliphatic heterocycles. The fraction of sp³-hybridized carbons (Fsp3) is 0.158. The minimum Gasteiger partial charge on any atom is -0.470 e. The van der Waals surface area contributed by atoms with Gasteiger partial charge in [0.15, 0.2) is 11.5 Å². The molecule has 0 aliphatic carbocycles. The first kappa shape index (κ1) is 22.2. The van der Waals surface area contributed by atoms with Gasteiger partial charge in [-0.25, -0.2) is 23.1 Å². The van der Waals surface area contributed by atoms with Crippen LogP contribution in [0.15, 0.2) is 36.8 Å². The number of nitrogens with two attached hydrogens (primary N) is 1. The van der Waals surface area contributed by atoms with Gasteiger partial charge in [-0.3, -0.25) is 4.79 Å². The maximum Gasteiger partial charge on any atom is 0.276 e. The summed E-state index contributed by atoms with van der Waals surface area (Å²) >= 11 is 0. The van der Waals surface area contributed by atoms with Crippen LogP contribution in [-0.4, -0.2) is 40.1 Å². The monoisotopic (exact) mass is 452 g/mol. The van der Waals surface area contributed by atoms with Gasteiger partial charge in [-0.05, 0) is 12.1 Å². The normalized spacial score (nSPS) is 13.1. The third-order valence-corrected chi connectivity index (χ3v) is 4.37. The summed E-state index contributed by atoms with van der Waals surface area (Å²) in [4.78, 5) is 24.3. The lowest BCUT2D eigenvalue weighted by Gasteiger charge is -2.27. The zero-order valence-corrected chi connectivity index (χ0v) is 16.5. The summed E-state index contributed by atoms with van der Waals surface area (Å²) < 4.78 is 48.2. The van der Waals surface area contributed by atoms with E-state index in [1.165, 1.54) is 12.5 Å². The maximum absolute atomic E-state index is 14.4. The van der Waals surface area contributed by atoms with Gasteiger partial charge in [0.1, 0.15) is 35.4 Å². The van der Waals surface area contributed by atoms with Crippen molar-refractivity contribution in [2.75, 3.05) is 24.1 Å². The summed E-state index contributed by atoms with van der Waals surface area (Å²) in [5, 5.41) is 5.52. The van der Waals surface area contributed by atoms with Crippen molar-refractivity contribution in [3.05, 3.63) is 59.9 Å². The molecule has 31 heavy (non-hydrogen) atoms. The number of nitrogens with zero attached hydrogens (tertiary/aromatic N) is 3. The minimum absolute atomic E-state index is 0. The lowest BCUT2D eigenvalue weighted by atomic mass is 10.1. The number of anilines is 2. The molecule has 1 saturated heterocycles. The summed E-state index contributed by atoms with van der Waals surface area (Å²) in [6, 6.07) is 3.82. The summed E-state index contributed by atoms with van der Waals surface area (Å²) in [6.45, 7) is 1.25. The quantitative estimate of drug-likeness (QED) is 0.545. The smallest absolute Gasteiger partial charge is 0.276 e. The van der Waals surface area contributed by atoms with E-state index >= 15 is 0 Å². The summed E-state index contributed by atoms with van der Waals surface area (Å²) in [5.74, 6) is -3.85. The van der Waals surface area contributed by atoms with E-state index in [0.717, 1.165) is 24.3 Å². The number of nitrogen functional groups attached to an aromatic ring is 1. The highest BCUT2D eigenvalue weighted by Gasteiger charge is 2.24. The Morgan fingerprint density at radius 1 is 1.19 bits per heavy atom. The number of rotatable bonds is 5. The topological polar surface area (TPSA) is 115 Å². The number of nitrogens with one attached hydrogen (secondary N) is 2. The predicted octanol–water partition coefficient (Wildman–Crippen LogP) is 2.56. The van der Waals surface area contributed by atoms with Crippen molar-refractivity contribution in [1.29, 1.82) is 0 Å². The number of hydrogen-bond donors (Lipinski definition) is 3. The van der Waals surface area contributed by atoms with E-state index in [2.05, 4.69) is 25.6 Å². The Labute approximate surface area is 180 Å². The fourth-order valence-electron chi connectivity index (χ4n) is 2.77. The number of aromatic nitrogens is 3. The number of carbonyl (C=O) groups excluding carboxylic acids is 1. The van der Waals surface area contributed by atoms with Crippen LogP contribution in [0.5, 0.6) is 5.88 Å². The summed E-state index contributed by atoms with van der Waals surface area (Å²) in [5.41, 5.74) is 3.76. The van der Waals surface area contributed by atoms with Gasteiger partial charge >= 0.3 is 0 Å². The van der Waals surface area contributed by atoms with E-state index < -0.39 is 40.3 Å². The average molecular weight is 453 g/mol. The molecule has 0 radical (unpaired) electrons. The van der Waals surface area contributed by atoms with Crippen molar-refractivity contribution in [2.45, 2.75) is 6.10 Å². The molecule has 3 heterocycles. The van der Waals surface area contributed by atoms with Gasteiger partial charge in [-0.2, -0.15) is 4.98 Å². The molecule has 1 fully saturated rings. The molecule has 0 saturated carbocycles. The van der Waals surface area contributed by atoms with Crippen LogP contribution in [0.4, 0.5) is 24.5 Å². The first-order chi connectivity index (χ1) is 14.4. The second kappa shape index (κ2) is 9.14. The van der Waals surface area contributed by atoms with Crippen molar-refractivity contribution in [1.82, 2.24) is 20.3 Å². The molecule has 162 valence electrons. The summed E-state index contributed by atoms with van der Waals surface area (Å²) in [6.07, 6.45) is 2.45. The summed E-state index contributed by atoms with van der Waals surface area (Å²) in [7, 11) is 0. The van der Waals surface area contributed by atoms with Gasteiger partial charge in [0.2, 0.25) is 5.88 Å². The Balaban J connectivity index is 0.00000272. The molecule has 0 atom stereocenters. The standard InChI is InChI=1S/C19H15F3N6O2.ClH/c20-10-2-1-3-11(21)15(10)16-12(22)4-13(23)17(28-16)18(29)27-14-7-25-8-26-19(14)30-9-5-24-6-9;/h1-4,7-9,24H,5-6,23H2,(H,27,29);1H. The van der Waals surface area contributed by atoms with Crippen LogP contribution < -0.4 is 21.1 Å².